The highest BCUT2D eigenvalue weighted by molar-refractivity contribution is 5.94. The Hall–Kier alpha value is -2.69. The Kier molecular flexibility index (Phi) is 3.99. The van der Waals surface area contributed by atoms with Crippen molar-refractivity contribution in [3.8, 4) is 0 Å². The average Bonchev–Trinajstić information content (AvgIpc) is 3.08. The maximum Gasteiger partial charge on any atom is 0.253 e. The molecule has 2 aromatic heterocycles. The number of aryl methyl sites for hydroxylation is 2. The molecule has 128 valence electrons. The Bertz CT molecular complexity index is 930. The van der Waals surface area contributed by atoms with Crippen LogP contribution >= 0.6 is 0 Å². The van der Waals surface area contributed by atoms with Crippen LogP contribution in [0.25, 0.3) is 5.65 Å². The van der Waals surface area contributed by atoms with Crippen LogP contribution < -0.4 is 0 Å². The molecule has 1 amide bonds. The lowest BCUT2D eigenvalue weighted by atomic mass is 9.96. The zero-order valence-electron chi connectivity index (χ0n) is 14.6. The van der Waals surface area contributed by atoms with Gasteiger partial charge >= 0.3 is 0 Å². The topological polar surface area (TPSA) is 50.5 Å². The van der Waals surface area contributed by atoms with Gasteiger partial charge < -0.3 is 4.90 Å². The van der Waals surface area contributed by atoms with E-state index in [1.165, 1.54) is 5.56 Å². The third kappa shape index (κ3) is 2.90. The number of benzene rings is 1. The van der Waals surface area contributed by atoms with Gasteiger partial charge in [0, 0.05) is 30.8 Å². The Morgan fingerprint density at radius 2 is 2.00 bits per heavy atom. The predicted octanol–water partition coefficient (Wildman–Crippen LogP) is 3.37. The molecular formula is C20H22N4O. The van der Waals surface area contributed by atoms with E-state index in [4.69, 9.17) is 0 Å². The summed E-state index contributed by atoms with van der Waals surface area (Å²) in [6, 6.07) is 11.9. The fourth-order valence-electron chi connectivity index (χ4n) is 3.57. The Balaban J connectivity index is 1.58. The molecule has 0 radical (unpaired) electrons. The number of likely N-dealkylation sites (tertiary alicyclic amines) is 1. The first-order chi connectivity index (χ1) is 12.1. The van der Waals surface area contributed by atoms with E-state index < -0.39 is 0 Å². The summed E-state index contributed by atoms with van der Waals surface area (Å²) >= 11 is 0. The number of amides is 1. The molecule has 5 nitrogen and oxygen atoms in total. The van der Waals surface area contributed by atoms with Gasteiger partial charge in [0.2, 0.25) is 0 Å². The van der Waals surface area contributed by atoms with E-state index in [0.717, 1.165) is 42.0 Å². The van der Waals surface area contributed by atoms with Crippen molar-refractivity contribution >= 4 is 11.6 Å². The molecule has 3 aromatic rings. The third-order valence-corrected chi connectivity index (χ3v) is 5.17. The number of fused-ring (bicyclic) bond motifs is 1. The van der Waals surface area contributed by atoms with Crippen molar-refractivity contribution in [2.75, 3.05) is 13.1 Å². The van der Waals surface area contributed by atoms with Crippen LogP contribution in [0, 0.1) is 13.8 Å². The van der Waals surface area contributed by atoms with Crippen LogP contribution in [0.3, 0.4) is 0 Å². The summed E-state index contributed by atoms with van der Waals surface area (Å²) in [6.45, 7) is 5.62. The zero-order chi connectivity index (χ0) is 17.4. The highest BCUT2D eigenvalue weighted by Crippen LogP contribution is 2.27. The minimum absolute atomic E-state index is 0.113. The first kappa shape index (κ1) is 15.8. The molecule has 1 aliphatic rings. The number of hydrogen-bond donors (Lipinski definition) is 0. The number of carbonyl (C=O) groups is 1. The van der Waals surface area contributed by atoms with E-state index in [1.807, 2.05) is 58.8 Å². The number of pyridine rings is 1. The van der Waals surface area contributed by atoms with E-state index in [0.29, 0.717) is 6.54 Å². The Morgan fingerprint density at radius 1 is 1.12 bits per heavy atom. The van der Waals surface area contributed by atoms with Crippen molar-refractivity contribution < 1.29 is 4.79 Å². The lowest BCUT2D eigenvalue weighted by Gasteiger charge is -2.32. The van der Waals surface area contributed by atoms with Crippen LogP contribution in [0.5, 0.6) is 0 Å². The fraction of sp³-hybridized carbons (Fsp3) is 0.350. The summed E-state index contributed by atoms with van der Waals surface area (Å²) in [5, 5.41) is 8.64. The lowest BCUT2D eigenvalue weighted by molar-refractivity contribution is 0.0704. The molecule has 25 heavy (non-hydrogen) atoms. The summed E-state index contributed by atoms with van der Waals surface area (Å²) in [6.07, 6.45) is 4.02. The van der Waals surface area contributed by atoms with Gasteiger partial charge in [-0.05, 0) is 62.1 Å². The van der Waals surface area contributed by atoms with E-state index in [-0.39, 0.29) is 11.8 Å². The molecule has 1 aliphatic heterocycles. The number of rotatable bonds is 2. The molecule has 1 aromatic carbocycles. The summed E-state index contributed by atoms with van der Waals surface area (Å²) in [4.78, 5) is 14.9. The average molecular weight is 334 g/mol. The largest absolute Gasteiger partial charge is 0.338 e. The molecule has 3 heterocycles. The highest BCUT2D eigenvalue weighted by Gasteiger charge is 2.28. The van der Waals surface area contributed by atoms with Gasteiger partial charge in [0.05, 0.1) is 0 Å². The fourth-order valence-corrected chi connectivity index (χ4v) is 3.57. The summed E-state index contributed by atoms with van der Waals surface area (Å²) in [5.74, 6) is 1.29. The molecule has 1 fully saturated rings. The molecule has 1 saturated heterocycles. The number of piperidine rings is 1. The molecule has 0 unspecified atom stereocenters. The maximum atomic E-state index is 12.9. The molecule has 0 N–H and O–H groups in total. The van der Waals surface area contributed by atoms with Gasteiger partial charge in [-0.15, -0.1) is 10.2 Å². The van der Waals surface area contributed by atoms with Crippen LogP contribution in [0.15, 0.2) is 42.6 Å². The van der Waals surface area contributed by atoms with E-state index in [1.54, 1.807) is 0 Å². The predicted molar refractivity (Wildman–Crippen MR) is 96.8 cm³/mol. The van der Waals surface area contributed by atoms with Crippen LogP contribution in [0.2, 0.25) is 0 Å². The van der Waals surface area contributed by atoms with Crippen LogP contribution in [0.4, 0.5) is 0 Å². The third-order valence-electron chi connectivity index (χ3n) is 5.17. The smallest absolute Gasteiger partial charge is 0.253 e. The van der Waals surface area contributed by atoms with Gasteiger partial charge in [-0.1, -0.05) is 12.1 Å². The van der Waals surface area contributed by atoms with E-state index >= 15 is 0 Å². The molecule has 0 saturated carbocycles. The standard InChI is InChI=1S/C20H22N4O/c1-14-8-9-16(12-15(14)2)20(25)23-10-5-6-17(13-23)19-22-21-18-7-3-4-11-24(18)19/h3-4,7-9,11-12,17H,5-6,10,13H2,1-2H3/t17-/m1/s1. The molecule has 0 bridgehead atoms. The second kappa shape index (κ2) is 6.31. The molecule has 0 aliphatic carbocycles. The van der Waals surface area contributed by atoms with E-state index in [2.05, 4.69) is 17.1 Å². The second-order valence-electron chi connectivity index (χ2n) is 6.88. The SMILES string of the molecule is Cc1ccc(C(=O)N2CCC[C@@H](c3nnc4ccccn34)C2)cc1C. The number of nitrogens with zero attached hydrogens (tertiary/aromatic N) is 4. The first-order valence-corrected chi connectivity index (χ1v) is 8.79. The van der Waals surface area contributed by atoms with Gasteiger partial charge in [-0.2, -0.15) is 0 Å². The maximum absolute atomic E-state index is 12.9. The van der Waals surface area contributed by atoms with Gasteiger partial charge in [0.25, 0.3) is 5.91 Å². The quantitative estimate of drug-likeness (QED) is 0.722. The molecule has 4 rings (SSSR count). The van der Waals surface area contributed by atoms with Crippen LogP contribution in [-0.2, 0) is 0 Å². The lowest BCUT2D eigenvalue weighted by Crippen LogP contribution is -2.39. The number of aromatic nitrogens is 3. The number of carbonyl (C=O) groups excluding carboxylic acids is 1. The molecular weight excluding hydrogens is 312 g/mol. The van der Waals surface area contributed by atoms with E-state index in [9.17, 15) is 4.79 Å². The number of hydrogen-bond acceptors (Lipinski definition) is 3. The Morgan fingerprint density at radius 3 is 2.84 bits per heavy atom. The normalized spacial score (nSPS) is 17.8. The van der Waals surface area contributed by atoms with Crippen LogP contribution in [-0.4, -0.2) is 38.5 Å². The van der Waals surface area contributed by atoms with Crippen molar-refractivity contribution in [3.05, 3.63) is 65.1 Å². The van der Waals surface area contributed by atoms with Crippen molar-refractivity contribution in [2.24, 2.45) is 0 Å². The zero-order valence-corrected chi connectivity index (χ0v) is 14.6. The minimum Gasteiger partial charge on any atom is -0.338 e. The van der Waals surface area contributed by atoms with Crippen molar-refractivity contribution in [1.29, 1.82) is 0 Å². The molecule has 0 spiro atoms. The minimum atomic E-state index is 0.113. The summed E-state index contributed by atoms with van der Waals surface area (Å²) in [7, 11) is 0. The van der Waals surface area contributed by atoms with Crippen molar-refractivity contribution in [2.45, 2.75) is 32.6 Å². The van der Waals surface area contributed by atoms with Gasteiger partial charge in [0.1, 0.15) is 5.82 Å². The molecule has 1 atom stereocenters. The van der Waals surface area contributed by atoms with Gasteiger partial charge in [0.15, 0.2) is 5.65 Å². The monoisotopic (exact) mass is 334 g/mol. The molecule has 5 heteroatoms. The van der Waals surface area contributed by atoms with Gasteiger partial charge in [-0.25, -0.2) is 0 Å². The van der Waals surface area contributed by atoms with Crippen molar-refractivity contribution in [1.82, 2.24) is 19.5 Å². The Labute approximate surface area is 147 Å². The van der Waals surface area contributed by atoms with Gasteiger partial charge in [-0.3, -0.25) is 9.20 Å². The summed E-state index contributed by atoms with van der Waals surface area (Å²) in [5.41, 5.74) is 4.00. The van der Waals surface area contributed by atoms with Crippen LogP contribution in [0.1, 0.15) is 46.1 Å². The highest BCUT2D eigenvalue weighted by atomic mass is 16.2. The van der Waals surface area contributed by atoms with Crippen molar-refractivity contribution in [3.63, 3.8) is 0 Å². The first-order valence-electron chi connectivity index (χ1n) is 8.79. The summed E-state index contributed by atoms with van der Waals surface area (Å²) < 4.78 is 2.04. The second-order valence-corrected chi connectivity index (χ2v) is 6.88.